The highest BCUT2D eigenvalue weighted by atomic mass is 79.9. The molecule has 0 radical (unpaired) electrons. The van der Waals surface area contributed by atoms with Crippen LogP contribution in [0.5, 0.6) is 0 Å². The van der Waals surface area contributed by atoms with E-state index in [0.29, 0.717) is 10.7 Å². The lowest BCUT2D eigenvalue weighted by Gasteiger charge is -2.20. The van der Waals surface area contributed by atoms with Crippen molar-refractivity contribution in [1.82, 2.24) is 10.2 Å². The van der Waals surface area contributed by atoms with Crippen LogP contribution in [0.25, 0.3) is 0 Å². The quantitative estimate of drug-likeness (QED) is 0.838. The highest BCUT2D eigenvalue weighted by molar-refractivity contribution is 9.10. The van der Waals surface area contributed by atoms with Crippen molar-refractivity contribution in [3.63, 3.8) is 0 Å². The van der Waals surface area contributed by atoms with Crippen LogP contribution in [0.1, 0.15) is 25.3 Å². The van der Waals surface area contributed by atoms with E-state index < -0.39 is 0 Å². The summed E-state index contributed by atoms with van der Waals surface area (Å²) >= 11 is 3.16. The van der Waals surface area contributed by atoms with Gasteiger partial charge in [0, 0.05) is 15.9 Å². The number of nitrogens with zero attached hydrogens (tertiary/aromatic N) is 2. The molecule has 0 amide bonds. The molecule has 0 aliphatic heterocycles. The molecule has 0 aliphatic carbocycles. The summed E-state index contributed by atoms with van der Waals surface area (Å²) in [5, 5.41) is 7.81. The van der Waals surface area contributed by atoms with E-state index in [0.717, 1.165) is 5.56 Å². The molecule has 4 heteroatoms. The summed E-state index contributed by atoms with van der Waals surface area (Å²) in [4.78, 5) is 0.418. The van der Waals surface area contributed by atoms with Gasteiger partial charge in [-0.15, -0.1) is 10.2 Å². The second kappa shape index (κ2) is 3.77. The van der Waals surface area contributed by atoms with Gasteiger partial charge in [-0.1, -0.05) is 30.3 Å². The summed E-state index contributed by atoms with van der Waals surface area (Å²) in [6, 6.07) is 10.1. The van der Waals surface area contributed by atoms with Crippen LogP contribution in [0.15, 0.2) is 39.5 Å². The van der Waals surface area contributed by atoms with Gasteiger partial charge in [0.25, 0.3) is 4.80 Å². The maximum absolute atomic E-state index is 5.40. The van der Waals surface area contributed by atoms with Gasteiger partial charge < -0.3 is 4.42 Å². The van der Waals surface area contributed by atoms with Crippen molar-refractivity contribution < 1.29 is 4.42 Å². The number of rotatable bonds is 2. The van der Waals surface area contributed by atoms with Gasteiger partial charge in [0.1, 0.15) is 0 Å². The normalized spacial score (nSPS) is 11.7. The molecule has 0 saturated heterocycles. The molecule has 1 heterocycles. The molecule has 0 spiro atoms. The first kappa shape index (κ1) is 10.4. The molecule has 2 rings (SSSR count). The van der Waals surface area contributed by atoms with E-state index in [1.165, 1.54) is 0 Å². The van der Waals surface area contributed by atoms with Crippen LogP contribution in [-0.4, -0.2) is 10.2 Å². The molecule has 0 fully saturated rings. The van der Waals surface area contributed by atoms with Crippen molar-refractivity contribution in [2.24, 2.45) is 0 Å². The molecule has 0 bridgehead atoms. The third-order valence-corrected chi connectivity index (χ3v) is 2.75. The van der Waals surface area contributed by atoms with E-state index in [4.69, 9.17) is 4.42 Å². The lowest BCUT2D eigenvalue weighted by molar-refractivity contribution is 0.399. The van der Waals surface area contributed by atoms with E-state index in [-0.39, 0.29) is 5.41 Å². The minimum Gasteiger partial charge on any atom is -0.415 e. The van der Waals surface area contributed by atoms with Gasteiger partial charge >= 0.3 is 0 Å². The zero-order valence-electron chi connectivity index (χ0n) is 8.57. The molecule has 78 valence electrons. The Morgan fingerprint density at radius 2 is 1.80 bits per heavy atom. The van der Waals surface area contributed by atoms with Crippen LogP contribution >= 0.6 is 15.9 Å². The minimum atomic E-state index is -0.264. The van der Waals surface area contributed by atoms with Crippen LogP contribution in [0.4, 0.5) is 0 Å². The van der Waals surface area contributed by atoms with Gasteiger partial charge in [-0.3, -0.25) is 0 Å². The molecule has 0 atom stereocenters. The smallest absolute Gasteiger partial charge is 0.284 e. The minimum absolute atomic E-state index is 0.264. The third kappa shape index (κ3) is 1.95. The summed E-state index contributed by atoms with van der Waals surface area (Å²) in [5.74, 6) is 0.612. The molecule has 1 aromatic carbocycles. The first-order valence-electron chi connectivity index (χ1n) is 4.66. The fourth-order valence-corrected chi connectivity index (χ4v) is 1.67. The van der Waals surface area contributed by atoms with E-state index >= 15 is 0 Å². The SMILES string of the molecule is CC(C)(c1ccccc1)c1nnc(Br)o1. The standard InChI is InChI=1S/C11H11BrN2O/c1-11(2,8-6-4-3-5-7-8)9-13-14-10(12)15-9/h3-7H,1-2H3. The number of hydrogen-bond donors (Lipinski definition) is 0. The molecule has 1 aromatic heterocycles. The zero-order chi connectivity index (χ0) is 10.9. The Kier molecular flexibility index (Phi) is 2.61. The van der Waals surface area contributed by atoms with Crippen LogP contribution in [0, 0.1) is 0 Å². The molecule has 0 unspecified atom stereocenters. The molecular weight excluding hydrogens is 256 g/mol. The lowest BCUT2D eigenvalue weighted by Crippen LogP contribution is -2.19. The van der Waals surface area contributed by atoms with Crippen LogP contribution < -0.4 is 0 Å². The summed E-state index contributed by atoms with van der Waals surface area (Å²) in [5.41, 5.74) is 0.890. The van der Waals surface area contributed by atoms with Crippen LogP contribution in [0.2, 0.25) is 0 Å². The summed E-state index contributed by atoms with van der Waals surface area (Å²) in [6.45, 7) is 4.12. The average Bonchev–Trinajstić information content (AvgIpc) is 2.67. The molecule has 0 aliphatic rings. The molecule has 0 N–H and O–H groups in total. The first-order chi connectivity index (χ1) is 7.10. The highest BCUT2D eigenvalue weighted by Crippen LogP contribution is 2.30. The first-order valence-corrected chi connectivity index (χ1v) is 5.45. The van der Waals surface area contributed by atoms with Crippen molar-refractivity contribution in [1.29, 1.82) is 0 Å². The number of aromatic nitrogens is 2. The topological polar surface area (TPSA) is 38.9 Å². The van der Waals surface area contributed by atoms with Crippen molar-refractivity contribution in [3.05, 3.63) is 46.6 Å². The molecular formula is C11H11BrN2O. The summed E-state index contributed by atoms with van der Waals surface area (Å²) in [6.07, 6.45) is 0. The lowest BCUT2D eigenvalue weighted by atomic mass is 9.85. The van der Waals surface area contributed by atoms with E-state index in [9.17, 15) is 0 Å². The second-order valence-corrected chi connectivity index (χ2v) is 4.53. The van der Waals surface area contributed by atoms with E-state index in [1.807, 2.05) is 18.2 Å². The van der Waals surface area contributed by atoms with Crippen molar-refractivity contribution in [2.45, 2.75) is 19.3 Å². The maximum Gasteiger partial charge on any atom is 0.284 e. The van der Waals surface area contributed by atoms with Crippen LogP contribution in [-0.2, 0) is 5.41 Å². The Hall–Kier alpha value is -1.16. The van der Waals surface area contributed by atoms with Gasteiger partial charge in [0.15, 0.2) is 0 Å². The Balaban J connectivity index is 2.43. The van der Waals surface area contributed by atoms with Crippen molar-refractivity contribution >= 4 is 15.9 Å². The zero-order valence-corrected chi connectivity index (χ0v) is 10.2. The third-order valence-electron chi connectivity index (χ3n) is 2.43. The van der Waals surface area contributed by atoms with Crippen molar-refractivity contribution in [2.75, 3.05) is 0 Å². The monoisotopic (exact) mass is 266 g/mol. The summed E-state index contributed by atoms with van der Waals surface area (Å²) in [7, 11) is 0. The number of halogens is 1. The summed E-state index contributed by atoms with van der Waals surface area (Å²) < 4.78 is 5.40. The van der Waals surface area contributed by atoms with Gasteiger partial charge in [-0.25, -0.2) is 0 Å². The van der Waals surface area contributed by atoms with Gasteiger partial charge in [-0.05, 0) is 19.4 Å². The Bertz CT molecular complexity index is 451. The molecule has 15 heavy (non-hydrogen) atoms. The fourth-order valence-electron chi connectivity index (χ4n) is 1.44. The van der Waals surface area contributed by atoms with Gasteiger partial charge in [0.2, 0.25) is 5.89 Å². The van der Waals surface area contributed by atoms with Gasteiger partial charge in [0.05, 0.1) is 5.41 Å². The van der Waals surface area contributed by atoms with Gasteiger partial charge in [-0.2, -0.15) is 0 Å². The highest BCUT2D eigenvalue weighted by Gasteiger charge is 2.28. The molecule has 2 aromatic rings. The Morgan fingerprint density at radius 1 is 1.13 bits per heavy atom. The largest absolute Gasteiger partial charge is 0.415 e. The Morgan fingerprint density at radius 3 is 2.33 bits per heavy atom. The Labute approximate surface area is 96.7 Å². The predicted octanol–water partition coefficient (Wildman–Crippen LogP) is 3.16. The van der Waals surface area contributed by atoms with Crippen molar-refractivity contribution in [3.8, 4) is 0 Å². The van der Waals surface area contributed by atoms with Crippen LogP contribution in [0.3, 0.4) is 0 Å². The van der Waals surface area contributed by atoms with E-state index in [1.54, 1.807) is 0 Å². The number of hydrogen-bond acceptors (Lipinski definition) is 3. The number of benzene rings is 1. The average molecular weight is 267 g/mol. The van der Waals surface area contributed by atoms with E-state index in [2.05, 4.69) is 52.1 Å². The molecule has 0 saturated carbocycles. The fraction of sp³-hybridized carbons (Fsp3) is 0.273. The second-order valence-electron chi connectivity index (χ2n) is 3.85. The molecule has 3 nitrogen and oxygen atoms in total. The maximum atomic E-state index is 5.40. The predicted molar refractivity (Wildman–Crippen MR) is 60.6 cm³/mol.